The Morgan fingerprint density at radius 1 is 1.44 bits per heavy atom. The Labute approximate surface area is 105 Å². The Balaban J connectivity index is 2.62. The number of anilines is 1. The number of carbonyl (C=O) groups is 1. The highest BCUT2D eigenvalue weighted by atomic mass is 16.5. The Bertz CT molecular complexity index is 603. The maximum absolute atomic E-state index is 11.1. The van der Waals surface area contributed by atoms with Gasteiger partial charge >= 0.3 is 0 Å². The number of benzene rings is 1. The van der Waals surface area contributed by atoms with Crippen LogP contribution in [-0.4, -0.2) is 23.2 Å². The van der Waals surface area contributed by atoms with Crippen molar-refractivity contribution in [2.24, 2.45) is 7.05 Å². The smallest absolute Gasteiger partial charge is 0.156 e. The fourth-order valence-electron chi connectivity index (χ4n) is 1.90. The van der Waals surface area contributed by atoms with Crippen LogP contribution in [0.3, 0.4) is 0 Å². The number of nitrogens with two attached hydrogens (primary N) is 1. The van der Waals surface area contributed by atoms with Gasteiger partial charge in [0.25, 0.3) is 0 Å². The van der Waals surface area contributed by atoms with Crippen molar-refractivity contribution in [3.63, 3.8) is 0 Å². The second-order valence-electron chi connectivity index (χ2n) is 4.07. The van der Waals surface area contributed by atoms with Gasteiger partial charge in [-0.25, -0.2) is 0 Å². The molecule has 0 bridgehead atoms. The van der Waals surface area contributed by atoms with Gasteiger partial charge in [-0.3, -0.25) is 9.48 Å². The molecule has 0 amide bonds. The van der Waals surface area contributed by atoms with Gasteiger partial charge in [0.15, 0.2) is 6.29 Å². The van der Waals surface area contributed by atoms with Crippen LogP contribution in [0.5, 0.6) is 5.75 Å². The lowest BCUT2D eigenvalue weighted by Gasteiger charge is -2.06. The molecule has 1 heterocycles. The van der Waals surface area contributed by atoms with E-state index < -0.39 is 0 Å². The molecule has 0 saturated heterocycles. The molecule has 18 heavy (non-hydrogen) atoms. The first-order chi connectivity index (χ1) is 8.58. The molecule has 1 aromatic heterocycles. The maximum Gasteiger partial charge on any atom is 0.156 e. The Kier molecular flexibility index (Phi) is 3.06. The number of aromatic nitrogens is 2. The lowest BCUT2D eigenvalue weighted by molar-refractivity contribution is 0.112. The van der Waals surface area contributed by atoms with E-state index in [1.165, 1.54) is 4.68 Å². The third kappa shape index (κ3) is 1.84. The van der Waals surface area contributed by atoms with Gasteiger partial charge in [0.1, 0.15) is 17.3 Å². The van der Waals surface area contributed by atoms with Gasteiger partial charge in [-0.2, -0.15) is 5.10 Å². The summed E-state index contributed by atoms with van der Waals surface area (Å²) in [6.07, 6.45) is 0.737. The minimum Gasteiger partial charge on any atom is -0.497 e. The van der Waals surface area contributed by atoms with Crippen LogP contribution < -0.4 is 10.5 Å². The van der Waals surface area contributed by atoms with Gasteiger partial charge in [0.05, 0.1) is 12.7 Å². The molecule has 2 aromatic rings. The van der Waals surface area contributed by atoms with Crippen molar-refractivity contribution in [3.05, 3.63) is 29.3 Å². The van der Waals surface area contributed by atoms with Crippen LogP contribution in [0.2, 0.25) is 0 Å². The standard InChI is InChI=1S/C13H15N3O2/c1-8-6-9(18-3)4-5-10(8)12-11(7-17)13(14)16(2)15-12/h4-7H,14H2,1-3H3. The Morgan fingerprint density at radius 3 is 2.72 bits per heavy atom. The highest BCUT2D eigenvalue weighted by molar-refractivity contribution is 5.92. The minimum absolute atomic E-state index is 0.371. The number of aryl methyl sites for hydroxylation is 2. The molecule has 0 fully saturated rings. The predicted molar refractivity (Wildman–Crippen MR) is 69.7 cm³/mol. The number of nitrogen functional groups attached to an aromatic ring is 1. The Morgan fingerprint density at radius 2 is 2.17 bits per heavy atom. The van der Waals surface area contributed by atoms with E-state index in [0.29, 0.717) is 17.1 Å². The minimum atomic E-state index is 0.371. The van der Waals surface area contributed by atoms with Crippen LogP contribution in [0, 0.1) is 6.92 Å². The first-order valence-corrected chi connectivity index (χ1v) is 5.51. The molecule has 0 unspecified atom stereocenters. The van der Waals surface area contributed by atoms with E-state index in [1.807, 2.05) is 25.1 Å². The summed E-state index contributed by atoms with van der Waals surface area (Å²) in [6, 6.07) is 5.61. The lowest BCUT2D eigenvalue weighted by Crippen LogP contribution is -1.98. The van der Waals surface area contributed by atoms with Crippen LogP contribution in [0.4, 0.5) is 5.82 Å². The molecule has 2 rings (SSSR count). The van der Waals surface area contributed by atoms with E-state index in [9.17, 15) is 4.79 Å². The third-order valence-corrected chi connectivity index (χ3v) is 2.94. The van der Waals surface area contributed by atoms with Gasteiger partial charge in [0, 0.05) is 12.6 Å². The summed E-state index contributed by atoms with van der Waals surface area (Å²) >= 11 is 0. The zero-order valence-electron chi connectivity index (χ0n) is 10.6. The molecule has 0 aliphatic rings. The number of carbonyl (C=O) groups excluding carboxylic acids is 1. The normalized spacial score (nSPS) is 10.4. The zero-order chi connectivity index (χ0) is 13.3. The summed E-state index contributed by atoms with van der Waals surface area (Å²) in [6.45, 7) is 1.94. The topological polar surface area (TPSA) is 70.1 Å². The zero-order valence-corrected chi connectivity index (χ0v) is 10.6. The summed E-state index contributed by atoms with van der Waals surface area (Å²) < 4.78 is 6.65. The summed E-state index contributed by atoms with van der Waals surface area (Å²) in [5.41, 5.74) is 8.69. The number of ether oxygens (including phenoxy) is 1. The quantitative estimate of drug-likeness (QED) is 0.837. The molecule has 5 nitrogen and oxygen atoms in total. The lowest BCUT2D eigenvalue weighted by atomic mass is 10.0. The van der Waals surface area contributed by atoms with Crippen molar-refractivity contribution in [2.45, 2.75) is 6.92 Å². The molecule has 0 radical (unpaired) electrons. The van der Waals surface area contributed by atoms with Crippen LogP contribution in [0.15, 0.2) is 18.2 Å². The molecule has 5 heteroatoms. The number of methoxy groups -OCH3 is 1. The second kappa shape index (κ2) is 4.52. The van der Waals surface area contributed by atoms with Crippen molar-refractivity contribution >= 4 is 12.1 Å². The van der Waals surface area contributed by atoms with E-state index in [-0.39, 0.29) is 0 Å². The van der Waals surface area contributed by atoms with Crippen molar-refractivity contribution in [2.75, 3.05) is 12.8 Å². The molecule has 0 spiro atoms. The van der Waals surface area contributed by atoms with Crippen LogP contribution in [0.1, 0.15) is 15.9 Å². The van der Waals surface area contributed by atoms with E-state index in [0.717, 1.165) is 23.2 Å². The number of nitrogens with zero attached hydrogens (tertiary/aromatic N) is 2. The van der Waals surface area contributed by atoms with Gasteiger partial charge in [-0.15, -0.1) is 0 Å². The average molecular weight is 245 g/mol. The predicted octanol–water partition coefficient (Wildman–Crippen LogP) is 1.80. The average Bonchev–Trinajstić information content (AvgIpc) is 2.65. The van der Waals surface area contributed by atoms with Crippen molar-refractivity contribution in [1.82, 2.24) is 9.78 Å². The van der Waals surface area contributed by atoms with Gasteiger partial charge in [0.2, 0.25) is 0 Å². The molecular weight excluding hydrogens is 230 g/mol. The van der Waals surface area contributed by atoms with E-state index in [4.69, 9.17) is 10.5 Å². The van der Waals surface area contributed by atoms with E-state index >= 15 is 0 Å². The van der Waals surface area contributed by atoms with Gasteiger partial charge < -0.3 is 10.5 Å². The molecular formula is C13H15N3O2. The summed E-state index contributed by atoms with van der Waals surface area (Å²) in [7, 11) is 3.33. The largest absolute Gasteiger partial charge is 0.497 e. The van der Waals surface area contributed by atoms with Gasteiger partial charge in [-0.05, 0) is 30.7 Å². The highest BCUT2D eigenvalue weighted by Crippen LogP contribution is 2.30. The summed E-state index contributed by atoms with van der Waals surface area (Å²) in [5.74, 6) is 1.14. The first-order valence-electron chi connectivity index (χ1n) is 5.51. The second-order valence-corrected chi connectivity index (χ2v) is 4.07. The van der Waals surface area contributed by atoms with Crippen LogP contribution in [0.25, 0.3) is 11.3 Å². The molecule has 94 valence electrons. The van der Waals surface area contributed by atoms with E-state index in [1.54, 1.807) is 14.2 Å². The third-order valence-electron chi connectivity index (χ3n) is 2.94. The number of hydrogen-bond donors (Lipinski definition) is 1. The Hall–Kier alpha value is -2.30. The fraction of sp³-hybridized carbons (Fsp3) is 0.231. The fourth-order valence-corrected chi connectivity index (χ4v) is 1.90. The molecule has 0 aliphatic carbocycles. The van der Waals surface area contributed by atoms with Crippen LogP contribution in [-0.2, 0) is 7.05 Å². The summed E-state index contributed by atoms with van der Waals surface area (Å²) in [5, 5.41) is 4.29. The number of aldehydes is 1. The SMILES string of the molecule is COc1ccc(-c2nn(C)c(N)c2C=O)c(C)c1. The molecule has 0 atom stereocenters. The number of rotatable bonds is 3. The summed E-state index contributed by atoms with van der Waals surface area (Å²) in [4.78, 5) is 11.1. The first kappa shape index (κ1) is 12.2. The van der Waals surface area contributed by atoms with E-state index in [2.05, 4.69) is 5.10 Å². The monoisotopic (exact) mass is 245 g/mol. The van der Waals surface area contributed by atoms with Crippen LogP contribution >= 0.6 is 0 Å². The number of hydrogen-bond acceptors (Lipinski definition) is 4. The van der Waals surface area contributed by atoms with Crippen molar-refractivity contribution in [3.8, 4) is 17.0 Å². The molecule has 0 aliphatic heterocycles. The van der Waals surface area contributed by atoms with Crippen molar-refractivity contribution < 1.29 is 9.53 Å². The van der Waals surface area contributed by atoms with Crippen molar-refractivity contribution in [1.29, 1.82) is 0 Å². The molecule has 1 aromatic carbocycles. The molecule has 2 N–H and O–H groups in total. The molecule has 0 saturated carbocycles. The highest BCUT2D eigenvalue weighted by Gasteiger charge is 2.16. The van der Waals surface area contributed by atoms with Gasteiger partial charge in [-0.1, -0.05) is 0 Å². The maximum atomic E-state index is 11.1.